The van der Waals surface area contributed by atoms with Gasteiger partial charge < -0.3 is 11.1 Å². The molecule has 1 unspecified atom stereocenters. The second-order valence-corrected chi connectivity index (χ2v) is 7.02. The summed E-state index contributed by atoms with van der Waals surface area (Å²) in [6, 6.07) is 0. The molecule has 1 atom stereocenters. The third kappa shape index (κ3) is 3.64. The number of amides is 1. The zero-order valence-corrected chi connectivity index (χ0v) is 12.9. The third-order valence-electron chi connectivity index (χ3n) is 4.55. The van der Waals surface area contributed by atoms with Crippen LogP contribution in [0.1, 0.15) is 52.4 Å². The SMILES string of the molecule is CCC(C)(CN)C(=O)NCC1(SC)CCCCC1. The van der Waals surface area contributed by atoms with E-state index in [1.54, 1.807) is 0 Å². The summed E-state index contributed by atoms with van der Waals surface area (Å²) in [4.78, 5) is 12.2. The second kappa shape index (κ2) is 6.80. The van der Waals surface area contributed by atoms with Gasteiger partial charge in [-0.25, -0.2) is 0 Å². The minimum absolute atomic E-state index is 0.117. The van der Waals surface area contributed by atoms with Crippen LogP contribution in [0.5, 0.6) is 0 Å². The van der Waals surface area contributed by atoms with Crippen molar-refractivity contribution in [1.29, 1.82) is 0 Å². The molecule has 1 rings (SSSR count). The number of thioether (sulfide) groups is 1. The lowest BCUT2D eigenvalue weighted by Crippen LogP contribution is -2.49. The maximum atomic E-state index is 12.2. The van der Waals surface area contributed by atoms with Gasteiger partial charge in [-0.3, -0.25) is 4.79 Å². The Balaban J connectivity index is 2.55. The quantitative estimate of drug-likeness (QED) is 0.781. The molecule has 0 radical (unpaired) electrons. The Kier molecular flexibility index (Phi) is 5.99. The molecule has 0 heterocycles. The fourth-order valence-electron chi connectivity index (χ4n) is 2.50. The molecule has 0 aromatic heterocycles. The molecule has 0 spiro atoms. The first kappa shape index (κ1) is 15.8. The van der Waals surface area contributed by atoms with E-state index < -0.39 is 5.41 Å². The number of hydrogen-bond acceptors (Lipinski definition) is 3. The Morgan fingerprint density at radius 3 is 2.44 bits per heavy atom. The van der Waals surface area contributed by atoms with Crippen LogP contribution in [-0.4, -0.2) is 30.0 Å². The van der Waals surface area contributed by atoms with Crippen molar-refractivity contribution in [1.82, 2.24) is 5.32 Å². The Morgan fingerprint density at radius 1 is 1.39 bits per heavy atom. The highest BCUT2D eigenvalue weighted by Gasteiger charge is 2.34. The standard InChI is InChI=1S/C14H28N2OS/c1-4-13(2,10-15)12(17)16-11-14(18-3)8-6-5-7-9-14/h4-11,15H2,1-3H3,(H,16,17). The van der Waals surface area contributed by atoms with Crippen molar-refractivity contribution in [3.05, 3.63) is 0 Å². The summed E-state index contributed by atoms with van der Waals surface area (Å²) in [6.45, 7) is 5.19. The van der Waals surface area contributed by atoms with E-state index >= 15 is 0 Å². The first-order valence-corrected chi connectivity index (χ1v) is 8.28. The molecule has 1 aliphatic carbocycles. The van der Waals surface area contributed by atoms with Gasteiger partial charge in [-0.1, -0.05) is 26.2 Å². The van der Waals surface area contributed by atoms with Crippen LogP contribution in [0.15, 0.2) is 0 Å². The Hall–Kier alpha value is -0.220. The summed E-state index contributed by atoms with van der Waals surface area (Å²) < 4.78 is 0.261. The lowest BCUT2D eigenvalue weighted by Gasteiger charge is -2.37. The topological polar surface area (TPSA) is 55.1 Å². The predicted octanol–water partition coefficient (Wildman–Crippen LogP) is 2.54. The van der Waals surface area contributed by atoms with Crippen LogP contribution in [0.25, 0.3) is 0 Å². The Labute approximate surface area is 116 Å². The molecular formula is C14H28N2OS. The van der Waals surface area contributed by atoms with Crippen molar-refractivity contribution in [3.63, 3.8) is 0 Å². The number of carbonyl (C=O) groups is 1. The average Bonchev–Trinajstić information content (AvgIpc) is 2.44. The zero-order valence-electron chi connectivity index (χ0n) is 12.1. The van der Waals surface area contributed by atoms with Gasteiger partial charge >= 0.3 is 0 Å². The highest BCUT2D eigenvalue weighted by atomic mass is 32.2. The largest absolute Gasteiger partial charge is 0.354 e. The number of hydrogen-bond donors (Lipinski definition) is 2. The van der Waals surface area contributed by atoms with E-state index in [0.29, 0.717) is 6.54 Å². The Bertz CT molecular complexity index is 271. The van der Waals surface area contributed by atoms with Gasteiger partial charge in [0, 0.05) is 17.8 Å². The molecule has 0 bridgehead atoms. The second-order valence-electron chi connectivity index (χ2n) is 5.75. The van der Waals surface area contributed by atoms with E-state index in [0.717, 1.165) is 13.0 Å². The summed E-state index contributed by atoms with van der Waals surface area (Å²) in [5, 5.41) is 3.15. The normalized spacial score (nSPS) is 22.2. The van der Waals surface area contributed by atoms with E-state index in [1.807, 2.05) is 25.6 Å². The van der Waals surface area contributed by atoms with Gasteiger partial charge in [0.05, 0.1) is 5.41 Å². The van der Waals surface area contributed by atoms with Crippen molar-refractivity contribution < 1.29 is 4.79 Å². The van der Waals surface area contributed by atoms with Gasteiger partial charge in [-0.05, 0) is 32.4 Å². The fraction of sp³-hybridized carbons (Fsp3) is 0.929. The van der Waals surface area contributed by atoms with Crippen LogP contribution < -0.4 is 11.1 Å². The minimum atomic E-state index is -0.408. The molecule has 4 heteroatoms. The van der Waals surface area contributed by atoms with E-state index in [-0.39, 0.29) is 10.7 Å². The summed E-state index contributed by atoms with van der Waals surface area (Å²) >= 11 is 1.92. The summed E-state index contributed by atoms with van der Waals surface area (Å²) in [5.74, 6) is 0.117. The minimum Gasteiger partial charge on any atom is -0.354 e. The molecular weight excluding hydrogens is 244 g/mol. The molecule has 1 fully saturated rings. The van der Waals surface area contributed by atoms with Gasteiger partial charge in [-0.15, -0.1) is 0 Å². The smallest absolute Gasteiger partial charge is 0.227 e. The van der Waals surface area contributed by atoms with Crippen LogP contribution in [0.2, 0.25) is 0 Å². The molecule has 1 saturated carbocycles. The first-order chi connectivity index (χ1) is 8.52. The molecule has 3 nitrogen and oxygen atoms in total. The number of rotatable bonds is 6. The number of carbonyl (C=O) groups excluding carboxylic acids is 1. The third-order valence-corrected chi connectivity index (χ3v) is 5.97. The van der Waals surface area contributed by atoms with Gasteiger partial charge in [-0.2, -0.15) is 11.8 Å². The molecule has 1 aliphatic rings. The molecule has 0 saturated heterocycles. The number of nitrogens with two attached hydrogens (primary N) is 1. The van der Waals surface area contributed by atoms with Crippen molar-refractivity contribution in [3.8, 4) is 0 Å². The van der Waals surface area contributed by atoms with Crippen LogP contribution in [-0.2, 0) is 4.79 Å². The molecule has 1 amide bonds. The van der Waals surface area contributed by atoms with E-state index in [2.05, 4.69) is 11.6 Å². The lowest BCUT2D eigenvalue weighted by molar-refractivity contribution is -0.130. The van der Waals surface area contributed by atoms with Gasteiger partial charge in [0.15, 0.2) is 0 Å². The monoisotopic (exact) mass is 272 g/mol. The molecule has 0 aromatic rings. The van der Waals surface area contributed by atoms with E-state index in [9.17, 15) is 4.79 Å². The highest BCUT2D eigenvalue weighted by molar-refractivity contribution is 8.00. The molecule has 18 heavy (non-hydrogen) atoms. The predicted molar refractivity (Wildman–Crippen MR) is 79.8 cm³/mol. The maximum Gasteiger partial charge on any atom is 0.227 e. The van der Waals surface area contributed by atoms with Crippen LogP contribution >= 0.6 is 11.8 Å². The van der Waals surface area contributed by atoms with Gasteiger partial charge in [0.1, 0.15) is 0 Å². The van der Waals surface area contributed by atoms with E-state index in [1.165, 1.54) is 32.1 Å². The van der Waals surface area contributed by atoms with Crippen molar-refractivity contribution in [2.45, 2.75) is 57.1 Å². The van der Waals surface area contributed by atoms with Gasteiger partial charge in [0.2, 0.25) is 5.91 Å². The average molecular weight is 272 g/mol. The molecule has 106 valence electrons. The summed E-state index contributed by atoms with van der Waals surface area (Å²) in [6.07, 6.45) is 9.32. The van der Waals surface area contributed by atoms with Gasteiger partial charge in [0.25, 0.3) is 0 Å². The molecule has 3 N–H and O–H groups in total. The molecule has 0 aliphatic heterocycles. The zero-order chi connectivity index (χ0) is 13.6. The van der Waals surface area contributed by atoms with Crippen LogP contribution in [0, 0.1) is 5.41 Å². The van der Waals surface area contributed by atoms with Crippen molar-refractivity contribution in [2.75, 3.05) is 19.3 Å². The number of nitrogens with one attached hydrogen (secondary N) is 1. The van der Waals surface area contributed by atoms with Crippen molar-refractivity contribution in [2.24, 2.45) is 11.1 Å². The van der Waals surface area contributed by atoms with E-state index in [4.69, 9.17) is 5.73 Å². The van der Waals surface area contributed by atoms with Crippen LogP contribution in [0.3, 0.4) is 0 Å². The first-order valence-electron chi connectivity index (χ1n) is 7.05. The maximum absolute atomic E-state index is 12.2. The van der Waals surface area contributed by atoms with Crippen molar-refractivity contribution >= 4 is 17.7 Å². The fourth-order valence-corrected chi connectivity index (χ4v) is 3.41. The molecule has 0 aromatic carbocycles. The summed E-state index contributed by atoms with van der Waals surface area (Å²) in [5.41, 5.74) is 5.32. The lowest BCUT2D eigenvalue weighted by atomic mass is 9.85. The highest BCUT2D eigenvalue weighted by Crippen LogP contribution is 2.38. The van der Waals surface area contributed by atoms with Crippen LogP contribution in [0.4, 0.5) is 0 Å². The summed E-state index contributed by atoms with van der Waals surface area (Å²) in [7, 11) is 0. The Morgan fingerprint density at radius 2 is 2.00 bits per heavy atom.